The topological polar surface area (TPSA) is 35.2 Å². The zero-order valence-electron chi connectivity index (χ0n) is 10.4. The third-order valence-corrected chi connectivity index (χ3v) is 2.75. The maximum absolute atomic E-state index is 6.07. The highest BCUT2D eigenvalue weighted by molar-refractivity contribution is 6.30. The molecule has 16 heavy (non-hydrogen) atoms. The van der Waals surface area contributed by atoms with Gasteiger partial charge in [0, 0.05) is 16.6 Å². The molecule has 1 aromatic carbocycles. The standard InChI is InChI=1S/C13H20ClNO/c1-8(2)13-10(5-9(3)15)6-11(14)7-12(13)16-4/h6-9H,5,15H2,1-4H3. The van der Waals surface area contributed by atoms with Gasteiger partial charge in [-0.25, -0.2) is 0 Å². The van der Waals surface area contributed by atoms with Crippen LogP contribution in [0.4, 0.5) is 0 Å². The van der Waals surface area contributed by atoms with Crippen LogP contribution in [0.25, 0.3) is 0 Å². The molecule has 1 rings (SSSR count). The number of ether oxygens (including phenoxy) is 1. The fourth-order valence-corrected chi connectivity index (χ4v) is 2.22. The molecule has 0 heterocycles. The van der Waals surface area contributed by atoms with Gasteiger partial charge in [0.1, 0.15) is 5.75 Å². The first kappa shape index (κ1) is 13.3. The second kappa shape index (κ2) is 5.55. The third kappa shape index (κ3) is 3.13. The molecule has 0 saturated heterocycles. The van der Waals surface area contributed by atoms with Crippen LogP contribution in [0, 0.1) is 0 Å². The van der Waals surface area contributed by atoms with E-state index in [4.69, 9.17) is 22.1 Å². The highest BCUT2D eigenvalue weighted by Gasteiger charge is 2.15. The normalized spacial score (nSPS) is 12.9. The predicted molar refractivity (Wildman–Crippen MR) is 69.4 cm³/mol. The zero-order chi connectivity index (χ0) is 12.3. The minimum absolute atomic E-state index is 0.126. The van der Waals surface area contributed by atoms with E-state index in [-0.39, 0.29) is 6.04 Å². The van der Waals surface area contributed by atoms with Crippen LogP contribution in [0.1, 0.15) is 37.8 Å². The Hall–Kier alpha value is -0.730. The van der Waals surface area contributed by atoms with E-state index in [1.54, 1.807) is 7.11 Å². The minimum atomic E-state index is 0.126. The van der Waals surface area contributed by atoms with Crippen LogP contribution >= 0.6 is 11.6 Å². The summed E-state index contributed by atoms with van der Waals surface area (Å²) in [6, 6.07) is 3.98. The molecule has 2 N–H and O–H groups in total. The Morgan fingerprint density at radius 1 is 1.31 bits per heavy atom. The first-order valence-electron chi connectivity index (χ1n) is 5.57. The molecule has 0 amide bonds. The molecule has 1 atom stereocenters. The van der Waals surface area contributed by atoms with Gasteiger partial charge in [-0.3, -0.25) is 0 Å². The smallest absolute Gasteiger partial charge is 0.124 e. The molecule has 0 saturated carbocycles. The van der Waals surface area contributed by atoms with E-state index in [0.29, 0.717) is 10.9 Å². The number of benzene rings is 1. The summed E-state index contributed by atoms with van der Waals surface area (Å²) in [6.45, 7) is 6.30. The lowest BCUT2D eigenvalue weighted by molar-refractivity contribution is 0.406. The Kier molecular flexibility index (Phi) is 4.63. The van der Waals surface area contributed by atoms with E-state index in [9.17, 15) is 0 Å². The highest BCUT2D eigenvalue weighted by atomic mass is 35.5. The molecule has 90 valence electrons. The van der Waals surface area contributed by atoms with Gasteiger partial charge in [0.05, 0.1) is 7.11 Å². The van der Waals surface area contributed by atoms with Gasteiger partial charge in [0.15, 0.2) is 0 Å². The molecule has 0 fully saturated rings. The third-order valence-electron chi connectivity index (χ3n) is 2.53. The maximum atomic E-state index is 6.07. The van der Waals surface area contributed by atoms with Crippen LogP contribution < -0.4 is 10.5 Å². The zero-order valence-corrected chi connectivity index (χ0v) is 11.1. The lowest BCUT2D eigenvalue weighted by Crippen LogP contribution is -2.19. The summed E-state index contributed by atoms with van der Waals surface area (Å²) >= 11 is 6.07. The van der Waals surface area contributed by atoms with Crippen molar-refractivity contribution >= 4 is 11.6 Å². The summed E-state index contributed by atoms with van der Waals surface area (Å²) < 4.78 is 5.38. The number of hydrogen-bond acceptors (Lipinski definition) is 2. The van der Waals surface area contributed by atoms with Gasteiger partial charge >= 0.3 is 0 Å². The molecule has 3 heteroatoms. The Balaban J connectivity index is 3.26. The summed E-state index contributed by atoms with van der Waals surface area (Å²) in [4.78, 5) is 0. The highest BCUT2D eigenvalue weighted by Crippen LogP contribution is 2.33. The Bertz CT molecular complexity index is 361. The monoisotopic (exact) mass is 241 g/mol. The first-order chi connectivity index (χ1) is 7.45. The molecule has 1 aromatic rings. The van der Waals surface area contributed by atoms with Crippen LogP contribution in [0.3, 0.4) is 0 Å². The molecule has 0 aliphatic heterocycles. The van der Waals surface area contributed by atoms with E-state index < -0.39 is 0 Å². The van der Waals surface area contributed by atoms with E-state index in [1.807, 2.05) is 19.1 Å². The molecule has 0 radical (unpaired) electrons. The van der Waals surface area contributed by atoms with Gasteiger partial charge in [-0.05, 0) is 37.0 Å². The van der Waals surface area contributed by atoms with Gasteiger partial charge < -0.3 is 10.5 Å². The van der Waals surface area contributed by atoms with Gasteiger partial charge in [0.2, 0.25) is 0 Å². The lowest BCUT2D eigenvalue weighted by Gasteiger charge is -2.18. The summed E-state index contributed by atoms with van der Waals surface area (Å²) in [5.74, 6) is 1.26. The minimum Gasteiger partial charge on any atom is -0.496 e. The van der Waals surface area contributed by atoms with E-state index in [1.165, 1.54) is 11.1 Å². The van der Waals surface area contributed by atoms with Crippen molar-refractivity contribution in [2.75, 3.05) is 7.11 Å². The van der Waals surface area contributed by atoms with Crippen LogP contribution in [0.15, 0.2) is 12.1 Å². The van der Waals surface area contributed by atoms with Gasteiger partial charge in [0.25, 0.3) is 0 Å². The number of hydrogen-bond donors (Lipinski definition) is 1. The van der Waals surface area contributed by atoms with Gasteiger partial charge in [-0.15, -0.1) is 0 Å². The number of rotatable bonds is 4. The summed E-state index contributed by atoms with van der Waals surface area (Å²) in [5.41, 5.74) is 8.25. The van der Waals surface area contributed by atoms with Crippen molar-refractivity contribution in [1.82, 2.24) is 0 Å². The van der Waals surface area contributed by atoms with Crippen LogP contribution in [-0.2, 0) is 6.42 Å². The van der Waals surface area contributed by atoms with Crippen LogP contribution in [0.2, 0.25) is 5.02 Å². The second-order valence-corrected chi connectivity index (χ2v) is 4.95. The van der Waals surface area contributed by atoms with Gasteiger partial charge in [-0.2, -0.15) is 0 Å². The predicted octanol–water partition coefficient (Wildman–Crippen LogP) is 3.36. The number of halogens is 1. The lowest BCUT2D eigenvalue weighted by atomic mass is 9.92. The van der Waals surface area contributed by atoms with E-state index >= 15 is 0 Å². The molecular formula is C13H20ClNO. The Morgan fingerprint density at radius 2 is 1.94 bits per heavy atom. The Morgan fingerprint density at radius 3 is 2.38 bits per heavy atom. The molecule has 0 aliphatic rings. The van der Waals surface area contributed by atoms with Crippen LogP contribution in [-0.4, -0.2) is 13.2 Å². The average Bonchev–Trinajstić information content (AvgIpc) is 2.14. The molecule has 2 nitrogen and oxygen atoms in total. The van der Waals surface area contributed by atoms with Crippen molar-refractivity contribution in [1.29, 1.82) is 0 Å². The van der Waals surface area contributed by atoms with Crippen molar-refractivity contribution in [2.24, 2.45) is 5.73 Å². The molecule has 0 bridgehead atoms. The molecule has 1 unspecified atom stereocenters. The second-order valence-electron chi connectivity index (χ2n) is 4.52. The molecule has 0 aromatic heterocycles. The molecular weight excluding hydrogens is 222 g/mol. The van der Waals surface area contributed by atoms with Crippen molar-refractivity contribution in [3.8, 4) is 5.75 Å². The van der Waals surface area contributed by atoms with E-state index in [0.717, 1.165) is 12.2 Å². The van der Waals surface area contributed by atoms with Crippen molar-refractivity contribution < 1.29 is 4.74 Å². The van der Waals surface area contributed by atoms with Crippen molar-refractivity contribution in [3.63, 3.8) is 0 Å². The Labute approximate surface area is 103 Å². The SMILES string of the molecule is COc1cc(Cl)cc(CC(C)N)c1C(C)C. The number of nitrogens with two attached hydrogens (primary N) is 1. The number of methoxy groups -OCH3 is 1. The molecule has 0 aliphatic carbocycles. The summed E-state index contributed by atoms with van der Waals surface area (Å²) in [6.07, 6.45) is 0.824. The largest absolute Gasteiger partial charge is 0.496 e. The van der Waals surface area contributed by atoms with Crippen LogP contribution in [0.5, 0.6) is 5.75 Å². The maximum Gasteiger partial charge on any atom is 0.124 e. The van der Waals surface area contributed by atoms with Crippen molar-refractivity contribution in [2.45, 2.75) is 39.2 Å². The van der Waals surface area contributed by atoms with Crippen molar-refractivity contribution in [3.05, 3.63) is 28.3 Å². The quantitative estimate of drug-likeness (QED) is 0.877. The molecule has 0 spiro atoms. The summed E-state index contributed by atoms with van der Waals surface area (Å²) in [5, 5.41) is 0.705. The van der Waals surface area contributed by atoms with E-state index in [2.05, 4.69) is 13.8 Å². The summed E-state index contributed by atoms with van der Waals surface area (Å²) in [7, 11) is 1.67. The fourth-order valence-electron chi connectivity index (χ4n) is 1.99. The average molecular weight is 242 g/mol. The van der Waals surface area contributed by atoms with Gasteiger partial charge in [-0.1, -0.05) is 25.4 Å². The fraction of sp³-hybridized carbons (Fsp3) is 0.538. The first-order valence-corrected chi connectivity index (χ1v) is 5.95.